The fourth-order valence-electron chi connectivity index (χ4n) is 4.68. The monoisotopic (exact) mass is 501 g/mol. The van der Waals surface area contributed by atoms with E-state index in [4.69, 9.17) is 9.47 Å². The quantitative estimate of drug-likeness (QED) is 0.582. The van der Waals surface area contributed by atoms with Gasteiger partial charge in [-0.3, -0.25) is 0 Å². The van der Waals surface area contributed by atoms with Gasteiger partial charge in [-0.25, -0.2) is 17.9 Å². The van der Waals surface area contributed by atoms with Crippen molar-refractivity contribution in [1.29, 1.82) is 0 Å². The molecule has 0 unspecified atom stereocenters. The number of carbonyl (C=O) groups is 1. The second-order valence-electron chi connectivity index (χ2n) is 8.52. The Kier molecular flexibility index (Phi) is 6.65. The number of halogens is 3. The van der Waals surface area contributed by atoms with Crippen molar-refractivity contribution in [3.63, 3.8) is 0 Å². The Morgan fingerprint density at radius 3 is 2.53 bits per heavy atom. The number of ether oxygens (including phenoxy) is 2. The van der Waals surface area contributed by atoms with E-state index in [1.54, 1.807) is 22.6 Å². The molecule has 4 rings (SSSR count). The van der Waals surface area contributed by atoms with Crippen LogP contribution in [0.2, 0.25) is 0 Å². The van der Waals surface area contributed by atoms with Crippen LogP contribution in [-0.2, 0) is 30.3 Å². The van der Waals surface area contributed by atoms with Gasteiger partial charge in [0, 0.05) is 25.8 Å². The molecule has 2 aromatic rings. The Bertz CT molecular complexity index is 1160. The van der Waals surface area contributed by atoms with E-state index in [9.17, 15) is 26.4 Å². The molecule has 0 amide bonds. The van der Waals surface area contributed by atoms with Crippen molar-refractivity contribution in [2.45, 2.75) is 54.6 Å². The molecule has 2 fully saturated rings. The van der Waals surface area contributed by atoms with Crippen molar-refractivity contribution >= 4 is 21.6 Å². The van der Waals surface area contributed by atoms with Gasteiger partial charge in [0.25, 0.3) is 0 Å². The maximum absolute atomic E-state index is 13.6. The van der Waals surface area contributed by atoms with Crippen LogP contribution in [0.1, 0.15) is 36.6 Å². The standard InChI is InChI=1S/C22H26F3N3O5S/c1-14-11-20(28(26-14)15-7-9-33-10-8-15)27-13-16(12-18(27)21(29)32-2)34(30,31)19-6-4-3-5-17(19)22(23,24)25/h3-6,11,15-16,18H,7-10,12-13H2,1-2H3/t16-,18+/m1/s1. The highest BCUT2D eigenvalue weighted by Crippen LogP contribution is 2.39. The summed E-state index contributed by atoms with van der Waals surface area (Å²) in [5.41, 5.74) is -0.537. The summed E-state index contributed by atoms with van der Waals surface area (Å²) in [4.78, 5) is 13.5. The molecule has 2 aliphatic rings. The van der Waals surface area contributed by atoms with Crippen LogP contribution in [0.3, 0.4) is 0 Å². The third-order valence-electron chi connectivity index (χ3n) is 6.34. The second-order valence-corrected chi connectivity index (χ2v) is 10.7. The van der Waals surface area contributed by atoms with Crippen molar-refractivity contribution in [2.75, 3.05) is 31.8 Å². The number of sulfone groups is 1. The molecule has 2 saturated heterocycles. The first-order chi connectivity index (χ1) is 16.0. The number of nitrogens with zero attached hydrogens (tertiary/aromatic N) is 3. The van der Waals surface area contributed by atoms with Gasteiger partial charge in [0.05, 0.1) is 34.6 Å². The summed E-state index contributed by atoms with van der Waals surface area (Å²) in [6, 6.07) is 4.90. The number of aromatic nitrogens is 2. The summed E-state index contributed by atoms with van der Waals surface area (Å²) in [5.74, 6) is -0.110. The smallest absolute Gasteiger partial charge is 0.417 e. The van der Waals surface area contributed by atoms with E-state index in [-0.39, 0.29) is 19.0 Å². The topological polar surface area (TPSA) is 90.7 Å². The number of methoxy groups -OCH3 is 1. The number of aryl methyl sites for hydroxylation is 1. The zero-order valence-electron chi connectivity index (χ0n) is 18.8. The Balaban J connectivity index is 1.73. The first-order valence-electron chi connectivity index (χ1n) is 10.9. The molecule has 3 heterocycles. The van der Waals surface area contributed by atoms with Crippen LogP contribution >= 0.6 is 0 Å². The lowest BCUT2D eigenvalue weighted by atomic mass is 10.1. The molecule has 2 atom stereocenters. The van der Waals surface area contributed by atoms with Crippen LogP contribution in [0.15, 0.2) is 35.2 Å². The molecule has 8 nitrogen and oxygen atoms in total. The van der Waals surface area contributed by atoms with Crippen LogP contribution < -0.4 is 4.90 Å². The third-order valence-corrected chi connectivity index (χ3v) is 8.53. The van der Waals surface area contributed by atoms with E-state index >= 15 is 0 Å². The molecule has 1 aromatic carbocycles. The number of hydrogen-bond acceptors (Lipinski definition) is 7. The summed E-state index contributed by atoms with van der Waals surface area (Å²) in [5, 5.41) is 3.32. The fraction of sp³-hybridized carbons (Fsp3) is 0.545. The Labute approximate surface area is 195 Å². The molecule has 0 spiro atoms. The molecule has 12 heteroatoms. The average molecular weight is 502 g/mol. The minimum atomic E-state index is -4.83. The molecule has 0 radical (unpaired) electrons. The molecule has 1 aromatic heterocycles. The van der Waals surface area contributed by atoms with Gasteiger partial charge in [-0.1, -0.05) is 12.1 Å². The lowest BCUT2D eigenvalue weighted by Crippen LogP contribution is -2.39. The van der Waals surface area contributed by atoms with E-state index in [2.05, 4.69) is 5.10 Å². The number of carbonyl (C=O) groups excluding carboxylic acids is 1. The maximum atomic E-state index is 13.6. The van der Waals surface area contributed by atoms with Crippen LogP contribution in [0, 0.1) is 6.92 Å². The first-order valence-corrected chi connectivity index (χ1v) is 12.5. The van der Waals surface area contributed by atoms with Gasteiger partial charge in [0.1, 0.15) is 11.9 Å². The molecule has 186 valence electrons. The minimum absolute atomic E-state index is 0.00244. The number of anilines is 1. The fourth-order valence-corrected chi connectivity index (χ4v) is 6.59. The van der Waals surface area contributed by atoms with Crippen LogP contribution in [0.4, 0.5) is 19.0 Å². The molecule has 0 saturated carbocycles. The van der Waals surface area contributed by atoms with E-state index in [0.717, 1.165) is 18.2 Å². The summed E-state index contributed by atoms with van der Waals surface area (Å²) < 4.78 is 79.6. The van der Waals surface area contributed by atoms with E-state index in [1.165, 1.54) is 13.2 Å². The van der Waals surface area contributed by atoms with Gasteiger partial charge in [-0.05, 0) is 38.3 Å². The van der Waals surface area contributed by atoms with Crippen LogP contribution in [0.25, 0.3) is 0 Å². The van der Waals surface area contributed by atoms with Crippen molar-refractivity contribution in [3.05, 3.63) is 41.6 Å². The van der Waals surface area contributed by atoms with Gasteiger partial charge >= 0.3 is 12.1 Å². The normalized spacial score (nSPS) is 22.2. The lowest BCUT2D eigenvalue weighted by molar-refractivity contribution is -0.142. The zero-order valence-corrected chi connectivity index (χ0v) is 19.6. The number of alkyl halides is 3. The van der Waals surface area contributed by atoms with Crippen molar-refractivity contribution < 1.29 is 35.9 Å². The largest absolute Gasteiger partial charge is 0.467 e. The van der Waals surface area contributed by atoms with E-state index < -0.39 is 43.7 Å². The summed E-state index contributed by atoms with van der Waals surface area (Å²) >= 11 is 0. The number of hydrogen-bond donors (Lipinski definition) is 0. The predicted octanol–water partition coefficient (Wildman–Crippen LogP) is 3.16. The molecular formula is C22H26F3N3O5S. The van der Waals surface area contributed by atoms with Gasteiger partial charge in [0.15, 0.2) is 9.84 Å². The maximum Gasteiger partial charge on any atom is 0.417 e. The zero-order chi connectivity index (χ0) is 24.7. The lowest BCUT2D eigenvalue weighted by Gasteiger charge is -2.30. The molecule has 2 aliphatic heterocycles. The second kappa shape index (κ2) is 9.21. The molecule has 0 N–H and O–H groups in total. The minimum Gasteiger partial charge on any atom is -0.467 e. The van der Waals surface area contributed by atoms with Crippen molar-refractivity contribution in [2.24, 2.45) is 0 Å². The predicted molar refractivity (Wildman–Crippen MR) is 116 cm³/mol. The third kappa shape index (κ3) is 4.52. The van der Waals surface area contributed by atoms with Gasteiger partial charge in [-0.15, -0.1) is 0 Å². The summed E-state index contributed by atoms with van der Waals surface area (Å²) in [6.45, 7) is 2.72. The molecule has 0 aliphatic carbocycles. The SMILES string of the molecule is COC(=O)[C@@H]1C[C@@H](S(=O)(=O)c2ccccc2C(F)(F)F)CN1c1cc(C)nn1C1CCOCC1. The molecule has 0 bridgehead atoms. The van der Waals surface area contributed by atoms with Gasteiger partial charge in [0.2, 0.25) is 0 Å². The van der Waals surface area contributed by atoms with Gasteiger partial charge in [-0.2, -0.15) is 18.3 Å². The molecule has 34 heavy (non-hydrogen) atoms. The summed E-state index contributed by atoms with van der Waals surface area (Å²) in [7, 11) is -3.22. The highest BCUT2D eigenvalue weighted by molar-refractivity contribution is 7.92. The molecular weight excluding hydrogens is 475 g/mol. The van der Waals surface area contributed by atoms with E-state index in [1.807, 2.05) is 0 Å². The average Bonchev–Trinajstić information content (AvgIpc) is 3.43. The van der Waals surface area contributed by atoms with E-state index in [0.29, 0.717) is 37.6 Å². The Hall–Kier alpha value is -2.60. The number of rotatable bonds is 5. The first kappa shape index (κ1) is 24.5. The Morgan fingerprint density at radius 2 is 1.88 bits per heavy atom. The van der Waals surface area contributed by atoms with Crippen molar-refractivity contribution in [3.8, 4) is 0 Å². The summed E-state index contributed by atoms with van der Waals surface area (Å²) in [6.07, 6.45) is -3.63. The van der Waals surface area contributed by atoms with Crippen LogP contribution in [-0.4, -0.2) is 62.3 Å². The Morgan fingerprint density at radius 1 is 1.21 bits per heavy atom. The number of esters is 1. The highest BCUT2D eigenvalue weighted by atomic mass is 32.2. The number of benzene rings is 1. The van der Waals surface area contributed by atoms with Crippen molar-refractivity contribution in [1.82, 2.24) is 9.78 Å². The van der Waals surface area contributed by atoms with Gasteiger partial charge < -0.3 is 14.4 Å². The van der Waals surface area contributed by atoms with Crippen LogP contribution in [0.5, 0.6) is 0 Å². The highest BCUT2D eigenvalue weighted by Gasteiger charge is 2.47.